The maximum absolute atomic E-state index is 13.1. The van der Waals surface area contributed by atoms with Crippen LogP contribution in [-0.2, 0) is 35.6 Å². The second-order valence-electron chi connectivity index (χ2n) is 9.14. The zero-order valence-corrected chi connectivity index (χ0v) is 24.9. The number of carbonyl (C=O) groups excluding carboxylic acids is 3. The molecule has 1 unspecified atom stereocenters. The number of quaternary nitrogens is 1. The monoisotopic (exact) mass is 625 g/mol. The number of esters is 1. The maximum atomic E-state index is 13.1. The average molecular weight is 627 g/mol. The third-order valence-corrected chi connectivity index (χ3v) is 8.04. The van der Waals surface area contributed by atoms with Gasteiger partial charge in [0.15, 0.2) is 6.04 Å². The van der Waals surface area contributed by atoms with Crippen molar-refractivity contribution in [3.8, 4) is 0 Å². The van der Waals surface area contributed by atoms with Crippen LogP contribution in [0.2, 0.25) is 0 Å². The summed E-state index contributed by atoms with van der Waals surface area (Å²) >= 11 is 0. The number of sulfonamides is 1. The fourth-order valence-corrected chi connectivity index (χ4v) is 5.61. The number of ether oxygens (including phenoxy) is 1. The number of hydrogen-bond donors (Lipinski definition) is 6. The molecule has 1 heterocycles. The van der Waals surface area contributed by atoms with Gasteiger partial charge in [0.25, 0.3) is 5.91 Å². The van der Waals surface area contributed by atoms with E-state index in [1.54, 1.807) is 6.92 Å². The Bertz CT molecular complexity index is 1070. The molecule has 1 aromatic carbocycles. The van der Waals surface area contributed by atoms with Gasteiger partial charge in [-0.1, -0.05) is 30.3 Å². The van der Waals surface area contributed by atoms with Gasteiger partial charge in [0, 0.05) is 19.5 Å². The molecule has 0 aromatic heterocycles. The first-order chi connectivity index (χ1) is 18.0. The van der Waals surface area contributed by atoms with Crippen LogP contribution in [0.3, 0.4) is 0 Å². The normalized spacial score (nSPS) is 16.1. The smallest absolute Gasteiger partial charge is 0.338 e. The summed E-state index contributed by atoms with van der Waals surface area (Å²) in [5.41, 5.74) is 15.8. The van der Waals surface area contributed by atoms with E-state index in [0.717, 1.165) is 5.56 Å². The fourth-order valence-electron chi connectivity index (χ4n) is 4.27. The van der Waals surface area contributed by atoms with Crippen LogP contribution < -0.4 is 57.0 Å². The predicted molar refractivity (Wildman–Crippen MR) is 140 cm³/mol. The van der Waals surface area contributed by atoms with Gasteiger partial charge >= 0.3 is 11.9 Å². The van der Waals surface area contributed by atoms with E-state index in [4.69, 9.17) is 16.2 Å². The van der Waals surface area contributed by atoms with E-state index in [0.29, 0.717) is 38.8 Å². The summed E-state index contributed by atoms with van der Waals surface area (Å²) in [5, 5.41) is 1.67. The van der Waals surface area contributed by atoms with Crippen LogP contribution in [0.1, 0.15) is 38.2 Å². The van der Waals surface area contributed by atoms with Crippen LogP contribution in [0.15, 0.2) is 30.3 Å². The number of nitrogens with one attached hydrogen (secondary N) is 3. The van der Waals surface area contributed by atoms with Gasteiger partial charge in [0.05, 0.1) is 18.4 Å². The summed E-state index contributed by atoms with van der Waals surface area (Å²) in [6.45, 7) is 1.79. The Kier molecular flexibility index (Phi) is 17.4. The van der Waals surface area contributed by atoms with Crippen molar-refractivity contribution >= 4 is 33.8 Å². The number of rotatable bonds is 15. The first-order valence-corrected chi connectivity index (χ1v) is 14.3. The van der Waals surface area contributed by atoms with Crippen LogP contribution in [0.5, 0.6) is 0 Å². The summed E-state index contributed by atoms with van der Waals surface area (Å²) in [7, 11) is -3.99. The lowest BCUT2D eigenvalue weighted by molar-refractivity contribution is -0.459. The van der Waals surface area contributed by atoms with Crippen molar-refractivity contribution in [2.24, 2.45) is 11.5 Å². The summed E-state index contributed by atoms with van der Waals surface area (Å²) in [6, 6.07) is 8.27. The van der Waals surface area contributed by atoms with Crippen molar-refractivity contribution in [1.29, 1.82) is 0 Å². The molecule has 0 bridgehead atoms. The molecule has 16 heteroatoms. The van der Waals surface area contributed by atoms with Crippen molar-refractivity contribution in [2.45, 2.75) is 56.4 Å². The predicted octanol–water partition coefficient (Wildman–Crippen LogP) is -10.1. The second-order valence-corrected chi connectivity index (χ2v) is 11.2. The highest BCUT2D eigenvalue weighted by Gasteiger charge is 2.38. The number of halogens is 2. The number of hydrogen-bond acceptors (Lipinski definition) is 6. The Hall–Kier alpha value is -2.65. The van der Waals surface area contributed by atoms with E-state index in [-0.39, 0.29) is 56.3 Å². The topological polar surface area (TPSA) is 216 Å². The van der Waals surface area contributed by atoms with Gasteiger partial charge in [-0.15, -0.1) is 0 Å². The number of likely N-dealkylation sites (tertiary alicyclic amines) is 1. The van der Waals surface area contributed by atoms with Crippen molar-refractivity contribution in [1.82, 2.24) is 14.9 Å². The molecule has 228 valence electrons. The summed E-state index contributed by atoms with van der Waals surface area (Å²) < 4.78 is 32.9. The molecule has 0 aliphatic carbocycles. The third-order valence-electron chi connectivity index (χ3n) is 6.21. The second kappa shape index (κ2) is 18.7. The molecule has 3 atom stereocenters. The molecule has 1 saturated heterocycles. The number of carbonyl (C=O) groups is 3. The van der Waals surface area contributed by atoms with E-state index >= 15 is 0 Å². The number of nitrogens with zero attached hydrogens (tertiary/aromatic N) is 1. The lowest BCUT2D eigenvalue weighted by atomic mass is 10.1. The quantitative estimate of drug-likeness (QED) is 0.0475. The fraction of sp³-hybridized carbons (Fsp3) is 0.583. The van der Waals surface area contributed by atoms with Crippen LogP contribution in [-0.4, -0.2) is 87.2 Å². The van der Waals surface area contributed by atoms with Gasteiger partial charge < -0.3 is 45.5 Å². The molecule has 2 amide bonds. The summed E-state index contributed by atoms with van der Waals surface area (Å²) in [6.07, 6.45) is 2.13. The van der Waals surface area contributed by atoms with Gasteiger partial charge in [0.2, 0.25) is 15.9 Å². The van der Waals surface area contributed by atoms with Gasteiger partial charge in [-0.25, -0.2) is 13.1 Å². The van der Waals surface area contributed by atoms with Gasteiger partial charge in [-0.05, 0) is 38.2 Å². The number of amides is 2. The minimum atomic E-state index is -3.99. The van der Waals surface area contributed by atoms with Crippen LogP contribution in [0, 0.1) is 0 Å². The Morgan fingerprint density at radius 2 is 1.88 bits per heavy atom. The largest absolute Gasteiger partial charge is 1.00 e. The summed E-state index contributed by atoms with van der Waals surface area (Å²) in [5.74, 6) is -1.33. The van der Waals surface area contributed by atoms with E-state index < -0.39 is 45.8 Å². The zero-order chi connectivity index (χ0) is 28.1. The number of guanidine groups is 1. The standard InChI is InChI=1S/C24H39N7O6S.2ClH/c1-2-37-21(32)16-30-38(35,36)18(10-6-12-28-24(26)27)15-29-22(33)20-11-7-13-31(20)23(34)19(25)14-17-8-4-3-5-9-17;;/h3-5,8-9,18-20,30H,2,6-7,10-16,25H2,1H3,(H,29,33)(H4,26,27,28);2*1H/t18?,19-,20+;;/m1../s1. The molecule has 40 heavy (non-hydrogen) atoms. The van der Waals surface area contributed by atoms with Crippen LogP contribution in [0.25, 0.3) is 0 Å². The van der Waals surface area contributed by atoms with Crippen molar-refractivity contribution in [3.05, 3.63) is 35.9 Å². The minimum Gasteiger partial charge on any atom is -1.00 e. The van der Waals surface area contributed by atoms with Gasteiger partial charge in [-0.3, -0.25) is 30.8 Å². The summed E-state index contributed by atoms with van der Waals surface area (Å²) in [4.78, 5) is 42.1. The molecule has 13 nitrogen and oxygen atoms in total. The average Bonchev–Trinajstić information content (AvgIpc) is 3.37. The Morgan fingerprint density at radius 3 is 2.50 bits per heavy atom. The van der Waals surface area contributed by atoms with Crippen molar-refractivity contribution < 1.29 is 63.1 Å². The zero-order valence-electron chi connectivity index (χ0n) is 22.6. The Morgan fingerprint density at radius 1 is 1.20 bits per heavy atom. The van der Waals surface area contributed by atoms with Crippen molar-refractivity contribution in [3.63, 3.8) is 0 Å². The molecule has 10 N–H and O–H groups in total. The van der Waals surface area contributed by atoms with E-state index in [1.165, 1.54) is 4.90 Å². The van der Waals surface area contributed by atoms with E-state index in [1.807, 2.05) is 30.3 Å². The van der Waals surface area contributed by atoms with E-state index in [2.05, 4.69) is 20.8 Å². The Balaban J connectivity index is 0.00000760. The lowest BCUT2D eigenvalue weighted by Crippen LogP contribution is -3.00. The molecule has 0 spiro atoms. The first kappa shape index (κ1) is 37.4. The lowest BCUT2D eigenvalue weighted by Gasteiger charge is -2.26. The number of nitrogens with two attached hydrogens (primary N) is 2. The third kappa shape index (κ3) is 12.3. The molecule has 0 radical (unpaired) electrons. The molecular weight excluding hydrogens is 585 g/mol. The highest BCUT2D eigenvalue weighted by Crippen LogP contribution is 2.19. The SMILES string of the molecule is CCOC(=O)CNS(=O)(=O)C(CCC[NH+]=C(N)N)CNC(=O)[C@@H]1CCCN1C(=O)[C@H]([NH3+])Cc1ccccc1.[Cl-].[Cl-]. The molecule has 2 rings (SSSR count). The van der Waals surface area contributed by atoms with Crippen LogP contribution >= 0.6 is 0 Å². The van der Waals surface area contributed by atoms with E-state index in [9.17, 15) is 22.8 Å². The van der Waals surface area contributed by atoms with Crippen molar-refractivity contribution in [2.75, 3.05) is 32.8 Å². The highest BCUT2D eigenvalue weighted by molar-refractivity contribution is 7.90. The first-order valence-electron chi connectivity index (χ1n) is 12.8. The number of benzene rings is 1. The highest BCUT2D eigenvalue weighted by atomic mass is 35.5. The van der Waals surface area contributed by atoms with Gasteiger partial charge in [-0.2, -0.15) is 0 Å². The molecule has 1 aliphatic rings. The molecule has 0 saturated carbocycles. The minimum absolute atomic E-state index is 0. The maximum Gasteiger partial charge on any atom is 0.338 e. The molecule has 1 fully saturated rings. The Labute approximate surface area is 247 Å². The van der Waals surface area contributed by atoms with Crippen LogP contribution in [0.4, 0.5) is 0 Å². The molecule has 1 aliphatic heterocycles. The van der Waals surface area contributed by atoms with Gasteiger partial charge in [0.1, 0.15) is 12.6 Å². The molecule has 1 aromatic rings. The molecular formula is C24H41Cl2N7O6S.